The maximum absolute atomic E-state index is 12.0. The molecule has 0 atom stereocenters. The Hall–Kier alpha value is -2.30. The average molecular weight is 258 g/mol. The highest BCUT2D eigenvalue weighted by Gasteiger charge is 2.08. The first-order chi connectivity index (χ1) is 9.31. The summed E-state index contributed by atoms with van der Waals surface area (Å²) in [6.45, 7) is 0.636. The van der Waals surface area contributed by atoms with E-state index >= 15 is 0 Å². The van der Waals surface area contributed by atoms with E-state index in [4.69, 9.17) is 0 Å². The van der Waals surface area contributed by atoms with Crippen LogP contribution in [0.15, 0.2) is 36.7 Å². The highest BCUT2D eigenvalue weighted by Crippen LogP contribution is 2.13. The van der Waals surface area contributed by atoms with Crippen LogP contribution in [0.3, 0.4) is 0 Å². The zero-order valence-corrected chi connectivity index (χ0v) is 10.9. The van der Waals surface area contributed by atoms with Crippen LogP contribution in [-0.4, -0.2) is 29.5 Å². The number of H-pyrrole nitrogens is 1. The normalized spacial score (nSPS) is 10.2. The zero-order chi connectivity index (χ0) is 13.5. The van der Waals surface area contributed by atoms with E-state index in [9.17, 15) is 4.79 Å². The summed E-state index contributed by atoms with van der Waals surface area (Å²) in [5, 5.41) is 5.93. The molecule has 0 fully saturated rings. The summed E-state index contributed by atoms with van der Waals surface area (Å²) in [5.41, 5.74) is 1.51. The van der Waals surface area contributed by atoms with Gasteiger partial charge in [-0.1, -0.05) is 12.1 Å². The van der Waals surface area contributed by atoms with Crippen molar-refractivity contribution in [1.29, 1.82) is 0 Å². The highest BCUT2D eigenvalue weighted by atomic mass is 16.1. The topological polar surface area (TPSA) is 69.8 Å². The van der Waals surface area contributed by atoms with E-state index < -0.39 is 0 Å². The summed E-state index contributed by atoms with van der Waals surface area (Å²) in [5.74, 6) is 0.897. The first kappa shape index (κ1) is 13.1. The number of carbonyl (C=O) groups excluding carboxylic acids is 1. The van der Waals surface area contributed by atoms with E-state index in [0.717, 1.165) is 24.4 Å². The van der Waals surface area contributed by atoms with Gasteiger partial charge in [-0.25, -0.2) is 4.98 Å². The van der Waals surface area contributed by atoms with Gasteiger partial charge in [0.05, 0.1) is 5.56 Å². The molecule has 3 N–H and O–H groups in total. The summed E-state index contributed by atoms with van der Waals surface area (Å²) < 4.78 is 0. The number of amides is 1. The molecule has 1 heterocycles. The van der Waals surface area contributed by atoms with Crippen LogP contribution in [0, 0.1) is 0 Å². The Morgan fingerprint density at radius 1 is 1.37 bits per heavy atom. The molecule has 1 aromatic carbocycles. The van der Waals surface area contributed by atoms with Crippen molar-refractivity contribution in [2.75, 3.05) is 18.9 Å². The number of aryl methyl sites for hydroxylation is 1. The van der Waals surface area contributed by atoms with E-state index in [-0.39, 0.29) is 5.91 Å². The molecule has 0 saturated heterocycles. The van der Waals surface area contributed by atoms with Gasteiger partial charge in [0.2, 0.25) is 0 Å². The second kappa shape index (κ2) is 6.58. The van der Waals surface area contributed by atoms with Gasteiger partial charge in [0.15, 0.2) is 0 Å². The highest BCUT2D eigenvalue weighted by molar-refractivity contribution is 5.99. The van der Waals surface area contributed by atoms with Crippen LogP contribution in [0.2, 0.25) is 0 Å². The number of imidazole rings is 1. The molecule has 0 aliphatic carbocycles. The molecule has 0 aliphatic rings. The molecule has 0 aliphatic heterocycles. The fraction of sp³-hybridized carbons (Fsp3) is 0.286. The molecule has 5 heteroatoms. The molecule has 2 aromatic rings. The molecule has 0 spiro atoms. The Morgan fingerprint density at radius 3 is 2.95 bits per heavy atom. The number of para-hydroxylation sites is 1. The number of anilines is 1. The predicted octanol–water partition coefficient (Wildman–Crippen LogP) is 1.81. The van der Waals surface area contributed by atoms with Crippen molar-refractivity contribution in [3.05, 3.63) is 48.0 Å². The summed E-state index contributed by atoms with van der Waals surface area (Å²) in [7, 11) is 1.81. The molecule has 5 nitrogen and oxygen atoms in total. The third kappa shape index (κ3) is 3.58. The van der Waals surface area contributed by atoms with Crippen LogP contribution in [0.25, 0.3) is 0 Å². The van der Waals surface area contributed by atoms with E-state index in [2.05, 4.69) is 20.6 Å². The Kier molecular flexibility index (Phi) is 4.55. The van der Waals surface area contributed by atoms with Gasteiger partial charge in [-0.15, -0.1) is 0 Å². The lowest BCUT2D eigenvalue weighted by Crippen LogP contribution is -2.25. The van der Waals surface area contributed by atoms with E-state index in [1.807, 2.05) is 31.3 Å². The number of nitrogens with zero attached hydrogens (tertiary/aromatic N) is 1. The van der Waals surface area contributed by atoms with Crippen molar-refractivity contribution in [2.45, 2.75) is 12.8 Å². The molecule has 0 bridgehead atoms. The number of hydrogen-bond donors (Lipinski definition) is 3. The third-order valence-electron chi connectivity index (χ3n) is 2.87. The lowest BCUT2D eigenvalue weighted by Gasteiger charge is -2.09. The van der Waals surface area contributed by atoms with Gasteiger partial charge < -0.3 is 15.6 Å². The van der Waals surface area contributed by atoms with Gasteiger partial charge in [-0.05, 0) is 18.6 Å². The van der Waals surface area contributed by atoms with Crippen LogP contribution < -0.4 is 10.6 Å². The monoisotopic (exact) mass is 258 g/mol. The minimum absolute atomic E-state index is 0.0515. The lowest BCUT2D eigenvalue weighted by molar-refractivity contribution is 0.0954. The van der Waals surface area contributed by atoms with Crippen molar-refractivity contribution < 1.29 is 4.79 Å². The number of hydrogen-bond acceptors (Lipinski definition) is 3. The third-order valence-corrected chi connectivity index (χ3v) is 2.87. The smallest absolute Gasteiger partial charge is 0.253 e. The van der Waals surface area contributed by atoms with Crippen LogP contribution in [0.1, 0.15) is 22.6 Å². The zero-order valence-electron chi connectivity index (χ0n) is 10.9. The lowest BCUT2D eigenvalue weighted by atomic mass is 10.1. The summed E-state index contributed by atoms with van der Waals surface area (Å²) in [6.07, 6.45) is 5.23. The molecular weight excluding hydrogens is 240 g/mol. The van der Waals surface area contributed by atoms with Crippen molar-refractivity contribution >= 4 is 11.6 Å². The fourth-order valence-electron chi connectivity index (χ4n) is 1.89. The SMILES string of the molecule is CNc1ccccc1C(=O)NCCCc1ncc[nH]1. The molecule has 0 radical (unpaired) electrons. The van der Waals surface area contributed by atoms with E-state index in [1.165, 1.54) is 0 Å². The van der Waals surface area contributed by atoms with Crippen molar-refractivity contribution in [3.63, 3.8) is 0 Å². The number of rotatable bonds is 6. The van der Waals surface area contributed by atoms with Gasteiger partial charge in [0.1, 0.15) is 5.82 Å². The van der Waals surface area contributed by atoms with Gasteiger partial charge in [0, 0.05) is 38.1 Å². The summed E-state index contributed by atoms with van der Waals surface area (Å²) in [6, 6.07) is 7.46. The van der Waals surface area contributed by atoms with Crippen molar-refractivity contribution in [2.24, 2.45) is 0 Å². The van der Waals surface area contributed by atoms with Crippen LogP contribution in [-0.2, 0) is 6.42 Å². The first-order valence-corrected chi connectivity index (χ1v) is 6.34. The number of benzene rings is 1. The minimum Gasteiger partial charge on any atom is -0.387 e. The van der Waals surface area contributed by atoms with Gasteiger partial charge >= 0.3 is 0 Å². The Bertz CT molecular complexity index is 522. The Morgan fingerprint density at radius 2 is 2.21 bits per heavy atom. The average Bonchev–Trinajstić information content (AvgIpc) is 2.96. The fourth-order valence-corrected chi connectivity index (χ4v) is 1.89. The Labute approximate surface area is 112 Å². The Balaban J connectivity index is 1.81. The van der Waals surface area contributed by atoms with Gasteiger partial charge in [-0.3, -0.25) is 4.79 Å². The second-order valence-electron chi connectivity index (χ2n) is 4.19. The number of aromatic amines is 1. The number of carbonyl (C=O) groups is 1. The van der Waals surface area contributed by atoms with Crippen LogP contribution in [0.4, 0.5) is 5.69 Å². The van der Waals surface area contributed by atoms with Gasteiger partial charge in [-0.2, -0.15) is 0 Å². The molecular formula is C14H18N4O. The molecule has 0 saturated carbocycles. The van der Waals surface area contributed by atoms with Crippen molar-refractivity contribution in [1.82, 2.24) is 15.3 Å². The van der Waals surface area contributed by atoms with Crippen molar-refractivity contribution in [3.8, 4) is 0 Å². The first-order valence-electron chi connectivity index (χ1n) is 6.34. The minimum atomic E-state index is -0.0515. The summed E-state index contributed by atoms with van der Waals surface area (Å²) in [4.78, 5) is 19.2. The summed E-state index contributed by atoms with van der Waals surface area (Å²) >= 11 is 0. The van der Waals surface area contributed by atoms with E-state index in [0.29, 0.717) is 12.1 Å². The second-order valence-corrected chi connectivity index (χ2v) is 4.19. The van der Waals surface area contributed by atoms with Crippen LogP contribution in [0.5, 0.6) is 0 Å². The standard InChI is InChI=1S/C14H18N4O/c1-15-12-6-3-2-5-11(12)14(19)18-8-4-7-13-16-9-10-17-13/h2-3,5-6,9-10,15H,4,7-8H2,1H3,(H,16,17)(H,18,19). The molecule has 0 unspecified atom stereocenters. The maximum Gasteiger partial charge on any atom is 0.253 e. The maximum atomic E-state index is 12.0. The molecule has 100 valence electrons. The van der Waals surface area contributed by atoms with Crippen LogP contribution >= 0.6 is 0 Å². The number of aromatic nitrogens is 2. The quantitative estimate of drug-likeness (QED) is 0.692. The predicted molar refractivity (Wildman–Crippen MR) is 75.2 cm³/mol. The largest absolute Gasteiger partial charge is 0.387 e. The number of nitrogens with one attached hydrogen (secondary N) is 3. The molecule has 1 amide bonds. The van der Waals surface area contributed by atoms with Gasteiger partial charge in [0.25, 0.3) is 5.91 Å². The molecule has 19 heavy (non-hydrogen) atoms. The molecule has 1 aromatic heterocycles. The van der Waals surface area contributed by atoms with E-state index in [1.54, 1.807) is 12.4 Å². The molecule has 2 rings (SSSR count).